The molecule has 10 heteroatoms. The topological polar surface area (TPSA) is 185 Å². The minimum Gasteiger partial charge on any atom is -0.480 e. The van der Waals surface area contributed by atoms with Gasteiger partial charge < -0.3 is 32.3 Å². The molecule has 0 aliphatic carbocycles. The number of carbonyl (C=O) groups is 4. The summed E-state index contributed by atoms with van der Waals surface area (Å²) < 4.78 is 0. The first-order valence-corrected chi connectivity index (χ1v) is 5.73. The third-order valence-electron chi connectivity index (χ3n) is 2.31. The zero-order valence-corrected chi connectivity index (χ0v) is 10.7. The van der Waals surface area contributed by atoms with E-state index in [1.165, 1.54) is 0 Å². The molecule has 0 saturated carbocycles. The van der Waals surface area contributed by atoms with Crippen LogP contribution in [0.4, 0.5) is 0 Å². The van der Waals surface area contributed by atoms with Gasteiger partial charge in [-0.25, -0.2) is 4.79 Å². The highest BCUT2D eigenvalue weighted by Crippen LogP contribution is 1.99. The minimum absolute atomic E-state index is 0.106. The first kappa shape index (κ1) is 17.8. The number of carboxylic acid groups (broad SMARTS) is 1. The summed E-state index contributed by atoms with van der Waals surface area (Å²) in [4.78, 5) is 44.3. The molecule has 0 aromatic heterocycles. The lowest BCUT2D eigenvalue weighted by Crippen LogP contribution is -2.53. The quantitative estimate of drug-likeness (QED) is 0.252. The van der Waals surface area contributed by atoms with Crippen LogP contribution in [0.5, 0.6) is 0 Å². The fraction of sp³-hybridized carbons (Fsp3) is 0.600. The summed E-state index contributed by atoms with van der Waals surface area (Å²) in [6, 6.07) is -2.67. The first-order valence-electron chi connectivity index (χ1n) is 5.73. The maximum Gasteiger partial charge on any atom is 0.328 e. The van der Waals surface area contributed by atoms with E-state index in [1.54, 1.807) is 0 Å². The lowest BCUT2D eigenvalue weighted by atomic mass is 10.1. The smallest absolute Gasteiger partial charge is 0.328 e. The predicted molar refractivity (Wildman–Crippen MR) is 66.1 cm³/mol. The fourth-order valence-corrected chi connectivity index (χ4v) is 1.27. The lowest BCUT2D eigenvalue weighted by molar-refractivity contribution is -0.143. The van der Waals surface area contributed by atoms with Crippen LogP contribution < -0.4 is 22.1 Å². The van der Waals surface area contributed by atoms with Gasteiger partial charge in [0, 0.05) is 6.42 Å². The predicted octanol–water partition coefficient (Wildman–Crippen LogP) is -3.74. The molecule has 0 aliphatic rings. The summed E-state index contributed by atoms with van der Waals surface area (Å²) in [7, 11) is 0. The summed E-state index contributed by atoms with van der Waals surface area (Å²) in [5, 5.41) is 21.7. The molecule has 0 heterocycles. The number of carboxylic acids is 1. The van der Waals surface area contributed by atoms with E-state index in [0.29, 0.717) is 0 Å². The van der Waals surface area contributed by atoms with E-state index >= 15 is 0 Å². The molecule has 3 amide bonds. The zero-order valence-electron chi connectivity index (χ0n) is 10.7. The van der Waals surface area contributed by atoms with Crippen molar-refractivity contribution in [2.75, 3.05) is 13.2 Å². The van der Waals surface area contributed by atoms with E-state index in [1.807, 2.05) is 5.32 Å². The number of primary amides is 1. The van der Waals surface area contributed by atoms with Crippen LogP contribution in [0.25, 0.3) is 0 Å². The van der Waals surface area contributed by atoms with Crippen LogP contribution in [-0.4, -0.2) is 59.1 Å². The Morgan fingerprint density at radius 2 is 1.70 bits per heavy atom. The summed E-state index contributed by atoms with van der Waals surface area (Å²) in [5.74, 6) is -3.61. The number of aliphatic hydroxyl groups is 1. The number of rotatable bonds is 9. The number of nitrogens with one attached hydrogen (secondary N) is 2. The van der Waals surface area contributed by atoms with Gasteiger partial charge >= 0.3 is 5.97 Å². The van der Waals surface area contributed by atoms with Crippen LogP contribution in [0.1, 0.15) is 12.8 Å². The number of aliphatic carboxylic acids is 1. The molecule has 8 N–H and O–H groups in total. The van der Waals surface area contributed by atoms with E-state index in [0.717, 1.165) is 0 Å². The van der Waals surface area contributed by atoms with Crippen molar-refractivity contribution in [3.05, 3.63) is 0 Å². The Morgan fingerprint density at radius 3 is 2.10 bits per heavy atom. The molecule has 0 spiro atoms. The van der Waals surface area contributed by atoms with E-state index in [9.17, 15) is 19.2 Å². The Balaban J connectivity index is 4.72. The van der Waals surface area contributed by atoms with Crippen LogP contribution >= 0.6 is 0 Å². The van der Waals surface area contributed by atoms with Crippen molar-refractivity contribution in [3.8, 4) is 0 Å². The highest BCUT2D eigenvalue weighted by atomic mass is 16.4. The molecule has 0 radical (unpaired) electrons. The van der Waals surface area contributed by atoms with Crippen LogP contribution in [-0.2, 0) is 19.2 Å². The molecule has 0 saturated heterocycles. The molecule has 0 bridgehead atoms. The van der Waals surface area contributed by atoms with Crippen LogP contribution in [0.15, 0.2) is 0 Å². The largest absolute Gasteiger partial charge is 0.480 e. The summed E-state index contributed by atoms with van der Waals surface area (Å²) in [5.41, 5.74) is 10.0. The zero-order chi connectivity index (χ0) is 15.7. The van der Waals surface area contributed by atoms with E-state index < -0.39 is 42.4 Å². The highest BCUT2D eigenvalue weighted by molar-refractivity contribution is 5.91. The van der Waals surface area contributed by atoms with Crippen LogP contribution in [0.2, 0.25) is 0 Å². The average Bonchev–Trinajstić information content (AvgIpc) is 2.39. The molecule has 2 atom stereocenters. The molecule has 0 aromatic rings. The Morgan fingerprint density at radius 1 is 1.10 bits per heavy atom. The summed E-state index contributed by atoms with van der Waals surface area (Å²) >= 11 is 0. The van der Waals surface area contributed by atoms with Gasteiger partial charge in [0.15, 0.2) is 0 Å². The van der Waals surface area contributed by atoms with Crippen molar-refractivity contribution in [3.63, 3.8) is 0 Å². The molecule has 20 heavy (non-hydrogen) atoms. The average molecular weight is 290 g/mol. The maximum absolute atomic E-state index is 11.8. The summed E-state index contributed by atoms with van der Waals surface area (Å²) in [6.45, 7) is -1.18. The number of amides is 3. The van der Waals surface area contributed by atoms with Gasteiger partial charge in [-0.15, -0.1) is 0 Å². The van der Waals surface area contributed by atoms with Crippen LogP contribution in [0.3, 0.4) is 0 Å². The van der Waals surface area contributed by atoms with Crippen molar-refractivity contribution in [1.29, 1.82) is 0 Å². The third kappa shape index (κ3) is 6.66. The Hall–Kier alpha value is -2.20. The second kappa shape index (κ2) is 8.82. The molecular formula is C10H18N4O6. The lowest BCUT2D eigenvalue weighted by Gasteiger charge is -2.20. The highest BCUT2D eigenvalue weighted by Gasteiger charge is 2.26. The van der Waals surface area contributed by atoms with E-state index in [2.05, 4.69) is 5.32 Å². The van der Waals surface area contributed by atoms with E-state index in [-0.39, 0.29) is 19.4 Å². The molecule has 10 nitrogen and oxygen atoms in total. The van der Waals surface area contributed by atoms with Crippen LogP contribution in [0, 0.1) is 0 Å². The van der Waals surface area contributed by atoms with Crippen molar-refractivity contribution in [1.82, 2.24) is 10.6 Å². The van der Waals surface area contributed by atoms with Gasteiger partial charge in [0.05, 0.1) is 13.2 Å². The van der Waals surface area contributed by atoms with Gasteiger partial charge in [0.2, 0.25) is 17.7 Å². The van der Waals surface area contributed by atoms with Crippen molar-refractivity contribution in [2.45, 2.75) is 24.9 Å². The SMILES string of the molecule is NCC(=O)N[C@@H](CCC(N)=O)C(=O)N[C@@H](CO)C(=O)O. The Labute approximate surface area is 114 Å². The normalized spacial score (nSPS) is 13.1. The molecule has 114 valence electrons. The Kier molecular flexibility index (Phi) is 7.85. The second-order valence-electron chi connectivity index (χ2n) is 3.91. The molecular weight excluding hydrogens is 272 g/mol. The monoisotopic (exact) mass is 290 g/mol. The molecule has 0 rings (SSSR count). The van der Waals surface area contributed by atoms with Gasteiger partial charge in [-0.3, -0.25) is 14.4 Å². The number of aliphatic hydroxyl groups excluding tert-OH is 1. The van der Waals surface area contributed by atoms with Gasteiger partial charge in [-0.2, -0.15) is 0 Å². The molecule has 0 aromatic carbocycles. The van der Waals surface area contributed by atoms with Crippen molar-refractivity contribution in [2.24, 2.45) is 11.5 Å². The van der Waals surface area contributed by atoms with Crippen molar-refractivity contribution < 1.29 is 29.4 Å². The second-order valence-corrected chi connectivity index (χ2v) is 3.91. The number of carbonyl (C=O) groups excluding carboxylic acids is 3. The molecule has 0 unspecified atom stereocenters. The van der Waals surface area contributed by atoms with Gasteiger partial charge in [0.25, 0.3) is 0 Å². The fourth-order valence-electron chi connectivity index (χ4n) is 1.27. The Bertz CT molecular complexity index is 386. The number of nitrogens with two attached hydrogens (primary N) is 2. The summed E-state index contributed by atoms with van der Waals surface area (Å²) in [6.07, 6.45) is -0.287. The first-order chi connectivity index (χ1) is 9.31. The minimum atomic E-state index is -1.51. The third-order valence-corrected chi connectivity index (χ3v) is 2.31. The number of hydrogen-bond acceptors (Lipinski definition) is 6. The van der Waals surface area contributed by atoms with Gasteiger partial charge in [0.1, 0.15) is 12.1 Å². The van der Waals surface area contributed by atoms with Gasteiger partial charge in [-0.1, -0.05) is 0 Å². The van der Waals surface area contributed by atoms with Crippen molar-refractivity contribution >= 4 is 23.7 Å². The number of hydrogen-bond donors (Lipinski definition) is 6. The molecule has 0 fully saturated rings. The standard InChI is InChI=1S/C10H18N4O6/c11-3-8(17)13-5(1-2-7(12)16)9(18)14-6(4-15)10(19)20/h5-6,15H,1-4,11H2,(H2,12,16)(H,13,17)(H,14,18)(H,19,20)/t5-,6-/m0/s1. The molecule has 0 aliphatic heterocycles. The maximum atomic E-state index is 11.8. The van der Waals surface area contributed by atoms with Gasteiger partial charge in [-0.05, 0) is 6.42 Å². The van der Waals surface area contributed by atoms with E-state index in [4.69, 9.17) is 21.7 Å².